The molecule has 0 heterocycles. The van der Waals surface area contributed by atoms with E-state index in [0.717, 1.165) is 0 Å². The van der Waals surface area contributed by atoms with Crippen LogP contribution in [-0.4, -0.2) is 22.2 Å². The number of benzene rings is 2. The van der Waals surface area contributed by atoms with Crippen LogP contribution < -0.4 is 0 Å². The van der Waals surface area contributed by atoms with E-state index in [-0.39, 0.29) is 0 Å². The number of aliphatic carboxylic acids is 2. The van der Waals surface area contributed by atoms with Gasteiger partial charge in [-0.1, -0.05) is 60.7 Å². The van der Waals surface area contributed by atoms with Crippen molar-refractivity contribution < 1.29 is 19.8 Å². The van der Waals surface area contributed by atoms with Gasteiger partial charge in [-0.05, 0) is 11.1 Å². The van der Waals surface area contributed by atoms with Crippen LogP contribution in [0.3, 0.4) is 0 Å². The predicted octanol–water partition coefficient (Wildman–Crippen LogP) is 2.72. The van der Waals surface area contributed by atoms with Gasteiger partial charge in [-0.3, -0.25) is 9.59 Å². The monoisotopic (exact) mass is 270 g/mol. The van der Waals surface area contributed by atoms with Crippen LogP contribution in [0.2, 0.25) is 0 Å². The molecule has 0 aliphatic carbocycles. The number of rotatable bonds is 5. The fourth-order valence-corrected chi connectivity index (χ4v) is 2.28. The largest absolute Gasteiger partial charge is 0.481 e. The number of carboxylic acid groups (broad SMARTS) is 2. The molecule has 0 saturated heterocycles. The molecule has 4 heteroatoms. The summed E-state index contributed by atoms with van der Waals surface area (Å²) in [4.78, 5) is 23.1. The average molecular weight is 270 g/mol. The number of carboxylic acids is 2. The van der Waals surface area contributed by atoms with Crippen molar-refractivity contribution in [1.82, 2.24) is 0 Å². The summed E-state index contributed by atoms with van der Waals surface area (Å²) in [6, 6.07) is 16.9. The highest BCUT2D eigenvalue weighted by molar-refractivity contribution is 5.88. The van der Waals surface area contributed by atoms with Crippen molar-refractivity contribution in [3.05, 3.63) is 71.8 Å². The van der Waals surface area contributed by atoms with Gasteiger partial charge in [-0.15, -0.1) is 0 Å². The lowest BCUT2D eigenvalue weighted by atomic mass is 9.81. The lowest BCUT2D eigenvalue weighted by Gasteiger charge is -2.21. The van der Waals surface area contributed by atoms with Crippen molar-refractivity contribution in [3.63, 3.8) is 0 Å². The fourth-order valence-electron chi connectivity index (χ4n) is 2.28. The molecule has 0 radical (unpaired) electrons. The van der Waals surface area contributed by atoms with Gasteiger partial charge < -0.3 is 10.2 Å². The van der Waals surface area contributed by atoms with Crippen molar-refractivity contribution >= 4 is 11.9 Å². The Kier molecular flexibility index (Phi) is 4.15. The first kappa shape index (κ1) is 13.8. The van der Waals surface area contributed by atoms with E-state index in [0.29, 0.717) is 11.1 Å². The molecule has 0 aromatic heterocycles. The third kappa shape index (κ3) is 2.85. The van der Waals surface area contributed by atoms with Crippen molar-refractivity contribution in [2.45, 2.75) is 11.8 Å². The molecule has 2 aromatic carbocycles. The number of carbonyl (C=O) groups is 2. The highest BCUT2D eigenvalue weighted by Gasteiger charge is 2.36. The van der Waals surface area contributed by atoms with Gasteiger partial charge in [0.25, 0.3) is 0 Å². The van der Waals surface area contributed by atoms with Crippen LogP contribution in [0.1, 0.15) is 23.0 Å². The van der Waals surface area contributed by atoms with E-state index in [9.17, 15) is 19.8 Å². The van der Waals surface area contributed by atoms with Crippen LogP contribution >= 0.6 is 0 Å². The smallest absolute Gasteiger partial charge is 0.312 e. The lowest BCUT2D eigenvalue weighted by molar-refractivity contribution is -0.147. The van der Waals surface area contributed by atoms with Crippen molar-refractivity contribution in [2.24, 2.45) is 0 Å². The molecule has 2 rings (SSSR count). The van der Waals surface area contributed by atoms with Gasteiger partial charge in [0.2, 0.25) is 0 Å². The Balaban J connectivity index is 2.50. The van der Waals surface area contributed by atoms with Gasteiger partial charge in [-0.25, -0.2) is 0 Å². The summed E-state index contributed by atoms with van der Waals surface area (Å²) in [5.41, 5.74) is 0.965. The Labute approximate surface area is 116 Å². The SMILES string of the molecule is O=C(O)C(c1ccccc1)[C@@H](C(=O)O)c1ccccc1. The summed E-state index contributed by atoms with van der Waals surface area (Å²) in [6.45, 7) is 0. The number of hydrogen-bond acceptors (Lipinski definition) is 2. The predicted molar refractivity (Wildman–Crippen MR) is 73.6 cm³/mol. The zero-order valence-electron chi connectivity index (χ0n) is 10.6. The number of hydrogen-bond donors (Lipinski definition) is 2. The molecule has 0 amide bonds. The first-order valence-corrected chi connectivity index (χ1v) is 6.16. The van der Waals surface area contributed by atoms with Gasteiger partial charge in [-0.2, -0.15) is 0 Å². The molecule has 20 heavy (non-hydrogen) atoms. The second-order valence-electron chi connectivity index (χ2n) is 4.45. The molecule has 2 atom stereocenters. The molecular formula is C16H14O4. The maximum atomic E-state index is 11.6. The Morgan fingerprint density at radius 3 is 1.20 bits per heavy atom. The third-order valence-electron chi connectivity index (χ3n) is 3.18. The average Bonchev–Trinajstić information content (AvgIpc) is 2.45. The maximum Gasteiger partial charge on any atom is 0.312 e. The minimum absolute atomic E-state index is 0.483. The Hall–Kier alpha value is -2.62. The van der Waals surface area contributed by atoms with Crippen LogP contribution in [0, 0.1) is 0 Å². The van der Waals surface area contributed by atoms with Gasteiger partial charge in [0.15, 0.2) is 0 Å². The van der Waals surface area contributed by atoms with E-state index in [1.54, 1.807) is 60.7 Å². The van der Waals surface area contributed by atoms with Gasteiger partial charge >= 0.3 is 11.9 Å². The van der Waals surface area contributed by atoms with Crippen molar-refractivity contribution in [3.8, 4) is 0 Å². The minimum atomic E-state index is -1.15. The van der Waals surface area contributed by atoms with E-state index < -0.39 is 23.8 Å². The molecular weight excluding hydrogens is 256 g/mol. The zero-order chi connectivity index (χ0) is 14.5. The highest BCUT2D eigenvalue weighted by Crippen LogP contribution is 2.33. The van der Waals surface area contributed by atoms with Crippen molar-refractivity contribution in [1.29, 1.82) is 0 Å². The third-order valence-corrected chi connectivity index (χ3v) is 3.18. The fraction of sp³-hybridized carbons (Fsp3) is 0.125. The van der Waals surface area contributed by atoms with Crippen LogP contribution in [-0.2, 0) is 9.59 Å². The van der Waals surface area contributed by atoms with Gasteiger partial charge in [0.1, 0.15) is 0 Å². The summed E-state index contributed by atoms with van der Waals surface area (Å²) >= 11 is 0. The summed E-state index contributed by atoms with van der Waals surface area (Å²) in [6.07, 6.45) is 0. The molecule has 0 aliphatic heterocycles. The van der Waals surface area contributed by atoms with Crippen molar-refractivity contribution in [2.75, 3.05) is 0 Å². The van der Waals surface area contributed by atoms with Crippen LogP contribution in [0.4, 0.5) is 0 Å². The Morgan fingerprint density at radius 1 is 0.650 bits per heavy atom. The van der Waals surface area contributed by atoms with E-state index in [2.05, 4.69) is 0 Å². The van der Waals surface area contributed by atoms with E-state index in [1.807, 2.05) is 0 Å². The lowest BCUT2D eigenvalue weighted by Crippen LogP contribution is -2.26. The van der Waals surface area contributed by atoms with Gasteiger partial charge in [0.05, 0.1) is 11.8 Å². The van der Waals surface area contributed by atoms with E-state index in [4.69, 9.17) is 0 Å². The summed E-state index contributed by atoms with van der Waals surface area (Å²) < 4.78 is 0. The molecule has 4 nitrogen and oxygen atoms in total. The first-order chi connectivity index (χ1) is 9.61. The molecule has 0 spiro atoms. The highest BCUT2D eigenvalue weighted by atomic mass is 16.4. The Bertz CT molecular complexity index is 537. The molecule has 0 saturated carbocycles. The maximum absolute atomic E-state index is 11.6. The minimum Gasteiger partial charge on any atom is -0.481 e. The molecule has 0 aliphatic rings. The van der Waals surface area contributed by atoms with Crippen LogP contribution in [0.5, 0.6) is 0 Å². The summed E-state index contributed by atoms with van der Waals surface area (Å²) in [7, 11) is 0. The topological polar surface area (TPSA) is 74.6 Å². The molecule has 0 fully saturated rings. The van der Waals surface area contributed by atoms with E-state index in [1.165, 1.54) is 0 Å². The zero-order valence-corrected chi connectivity index (χ0v) is 10.6. The summed E-state index contributed by atoms with van der Waals surface area (Å²) in [5, 5.41) is 18.9. The van der Waals surface area contributed by atoms with Gasteiger partial charge in [0, 0.05) is 0 Å². The second kappa shape index (κ2) is 6.02. The second-order valence-corrected chi connectivity index (χ2v) is 4.45. The molecule has 2 N–H and O–H groups in total. The Morgan fingerprint density at radius 2 is 0.950 bits per heavy atom. The normalized spacial score (nSPS) is 13.4. The standard InChI is InChI=1S/C16H14O4/c17-15(18)13(11-7-3-1-4-8-11)14(16(19)20)12-9-5-2-6-10-12/h1-10,13-14H,(H,17,18)(H,19,20)/t13-,14?/m0/s1. The van der Waals surface area contributed by atoms with E-state index >= 15 is 0 Å². The molecule has 2 aromatic rings. The summed E-state index contributed by atoms with van der Waals surface area (Å²) in [5.74, 6) is -4.52. The van der Waals surface area contributed by atoms with Crippen LogP contribution in [0.15, 0.2) is 60.7 Å². The quantitative estimate of drug-likeness (QED) is 0.876. The molecule has 1 unspecified atom stereocenters. The molecule has 0 bridgehead atoms. The molecule has 102 valence electrons. The first-order valence-electron chi connectivity index (χ1n) is 6.16. The van der Waals surface area contributed by atoms with Crippen LogP contribution in [0.25, 0.3) is 0 Å².